The largest absolute Gasteiger partial charge is 0.382 e. The van der Waals surface area contributed by atoms with Gasteiger partial charge in [-0.05, 0) is 50.1 Å². The average molecular weight is 288 g/mol. The van der Waals surface area contributed by atoms with Gasteiger partial charge < -0.3 is 5.32 Å². The summed E-state index contributed by atoms with van der Waals surface area (Å²) in [4.78, 5) is 10.4. The number of nitrogens with zero attached hydrogens (tertiary/aromatic N) is 1. The van der Waals surface area contributed by atoms with Crippen molar-refractivity contribution in [1.82, 2.24) is 0 Å². The second-order valence-electron chi connectivity index (χ2n) is 5.13. The summed E-state index contributed by atoms with van der Waals surface area (Å²) < 4.78 is 12.8. The third-order valence-electron chi connectivity index (χ3n) is 3.26. The summed E-state index contributed by atoms with van der Waals surface area (Å²) >= 11 is 0. The minimum atomic E-state index is -0.388. The van der Waals surface area contributed by atoms with Gasteiger partial charge in [-0.25, -0.2) is 4.39 Å². The van der Waals surface area contributed by atoms with Crippen LogP contribution in [0.25, 0.3) is 0 Å². The highest BCUT2D eigenvalue weighted by Crippen LogP contribution is 2.22. The van der Waals surface area contributed by atoms with Crippen LogP contribution in [0.1, 0.15) is 18.1 Å². The van der Waals surface area contributed by atoms with Gasteiger partial charge in [-0.15, -0.1) is 0 Å². The molecule has 0 aromatic heterocycles. The first-order valence-corrected chi connectivity index (χ1v) is 6.71. The summed E-state index contributed by atoms with van der Waals surface area (Å²) in [5, 5.41) is 14.1. The minimum absolute atomic E-state index is 0.117. The fourth-order valence-electron chi connectivity index (χ4n) is 2.26. The Hall–Kier alpha value is -2.43. The molecule has 0 amide bonds. The number of benzene rings is 2. The molecule has 0 saturated heterocycles. The SMILES string of the molecule is Cc1cc(NC(C)Cc2ccc(F)cc2)ccc1[N+](=O)[O-]. The lowest BCUT2D eigenvalue weighted by molar-refractivity contribution is -0.385. The molecule has 1 atom stereocenters. The number of nitro benzene ring substituents is 1. The number of nitrogens with one attached hydrogen (secondary N) is 1. The Morgan fingerprint density at radius 1 is 1.24 bits per heavy atom. The summed E-state index contributed by atoms with van der Waals surface area (Å²) in [7, 11) is 0. The van der Waals surface area contributed by atoms with Gasteiger partial charge in [-0.3, -0.25) is 10.1 Å². The highest BCUT2D eigenvalue weighted by Gasteiger charge is 2.11. The number of anilines is 1. The first-order valence-electron chi connectivity index (χ1n) is 6.71. The Morgan fingerprint density at radius 2 is 1.90 bits per heavy atom. The second kappa shape index (κ2) is 6.35. The van der Waals surface area contributed by atoms with Crippen LogP contribution in [0, 0.1) is 22.9 Å². The normalized spacial score (nSPS) is 12.0. The van der Waals surface area contributed by atoms with E-state index in [4.69, 9.17) is 0 Å². The quantitative estimate of drug-likeness (QED) is 0.666. The van der Waals surface area contributed by atoms with Crippen LogP contribution in [-0.4, -0.2) is 11.0 Å². The minimum Gasteiger partial charge on any atom is -0.382 e. The highest BCUT2D eigenvalue weighted by atomic mass is 19.1. The maximum atomic E-state index is 12.8. The molecule has 5 heteroatoms. The maximum Gasteiger partial charge on any atom is 0.272 e. The monoisotopic (exact) mass is 288 g/mol. The van der Waals surface area contributed by atoms with Crippen LogP contribution in [0.15, 0.2) is 42.5 Å². The van der Waals surface area contributed by atoms with Gasteiger partial charge in [0.15, 0.2) is 0 Å². The lowest BCUT2D eigenvalue weighted by Crippen LogP contribution is -2.18. The molecule has 1 unspecified atom stereocenters. The topological polar surface area (TPSA) is 55.2 Å². The highest BCUT2D eigenvalue weighted by molar-refractivity contribution is 5.54. The fourth-order valence-corrected chi connectivity index (χ4v) is 2.26. The Labute approximate surface area is 122 Å². The zero-order chi connectivity index (χ0) is 15.4. The van der Waals surface area contributed by atoms with Gasteiger partial charge in [0, 0.05) is 23.4 Å². The predicted octanol–water partition coefficient (Wildman–Crippen LogP) is 4.09. The molecular formula is C16H17FN2O2. The van der Waals surface area contributed by atoms with E-state index in [1.807, 2.05) is 6.92 Å². The van der Waals surface area contributed by atoms with Crippen molar-refractivity contribution in [3.8, 4) is 0 Å². The number of aryl methyl sites for hydroxylation is 1. The lowest BCUT2D eigenvalue weighted by atomic mass is 10.1. The molecule has 0 bridgehead atoms. The van der Waals surface area contributed by atoms with Gasteiger partial charge in [0.25, 0.3) is 5.69 Å². The van der Waals surface area contributed by atoms with Crippen molar-refractivity contribution in [2.45, 2.75) is 26.3 Å². The number of hydrogen-bond donors (Lipinski definition) is 1. The molecule has 0 aliphatic carbocycles. The number of halogens is 1. The molecule has 0 saturated carbocycles. The van der Waals surface area contributed by atoms with Crippen molar-refractivity contribution in [3.63, 3.8) is 0 Å². The Kier molecular flexibility index (Phi) is 4.52. The molecular weight excluding hydrogens is 271 g/mol. The third kappa shape index (κ3) is 4.02. The van der Waals surface area contributed by atoms with Crippen LogP contribution < -0.4 is 5.32 Å². The van der Waals surface area contributed by atoms with Gasteiger partial charge in [0.05, 0.1) is 4.92 Å². The molecule has 2 aromatic carbocycles. The predicted molar refractivity (Wildman–Crippen MR) is 81.0 cm³/mol. The molecule has 2 rings (SSSR count). The van der Waals surface area contributed by atoms with Crippen LogP contribution in [0.3, 0.4) is 0 Å². The molecule has 21 heavy (non-hydrogen) atoms. The van der Waals surface area contributed by atoms with Crippen LogP contribution in [0.2, 0.25) is 0 Å². The molecule has 0 spiro atoms. The van der Waals surface area contributed by atoms with E-state index < -0.39 is 0 Å². The van der Waals surface area contributed by atoms with Gasteiger partial charge >= 0.3 is 0 Å². The van der Waals surface area contributed by atoms with E-state index in [1.165, 1.54) is 18.2 Å². The first-order chi connectivity index (χ1) is 9.95. The number of hydrogen-bond acceptors (Lipinski definition) is 3. The van der Waals surface area contributed by atoms with E-state index in [9.17, 15) is 14.5 Å². The third-order valence-corrected chi connectivity index (χ3v) is 3.26. The average Bonchev–Trinajstić information content (AvgIpc) is 2.41. The van der Waals surface area contributed by atoms with Crippen molar-refractivity contribution in [2.24, 2.45) is 0 Å². The lowest BCUT2D eigenvalue weighted by Gasteiger charge is -2.15. The zero-order valence-electron chi connectivity index (χ0n) is 12.0. The van der Waals surface area contributed by atoms with E-state index in [0.29, 0.717) is 5.56 Å². The molecule has 4 nitrogen and oxygen atoms in total. The summed E-state index contributed by atoms with van der Waals surface area (Å²) in [6.45, 7) is 3.73. The molecule has 0 aliphatic rings. The molecule has 1 N–H and O–H groups in total. The fraction of sp³-hybridized carbons (Fsp3) is 0.250. The van der Waals surface area contributed by atoms with E-state index >= 15 is 0 Å². The first kappa shape index (κ1) is 15.0. The van der Waals surface area contributed by atoms with Crippen LogP contribution in [-0.2, 0) is 6.42 Å². The Morgan fingerprint density at radius 3 is 2.48 bits per heavy atom. The van der Waals surface area contributed by atoms with Crippen LogP contribution in [0.4, 0.5) is 15.8 Å². The molecule has 110 valence electrons. The molecule has 0 heterocycles. The maximum absolute atomic E-state index is 12.8. The van der Waals surface area contributed by atoms with E-state index in [2.05, 4.69) is 5.32 Å². The van der Waals surface area contributed by atoms with E-state index in [1.54, 1.807) is 31.2 Å². The van der Waals surface area contributed by atoms with Crippen molar-refractivity contribution in [2.75, 3.05) is 5.32 Å². The van der Waals surface area contributed by atoms with Crippen molar-refractivity contribution in [3.05, 3.63) is 69.5 Å². The van der Waals surface area contributed by atoms with Crippen molar-refractivity contribution >= 4 is 11.4 Å². The Balaban J connectivity index is 2.02. The molecule has 2 aromatic rings. The number of rotatable bonds is 5. The Bertz CT molecular complexity index is 641. The summed E-state index contributed by atoms with van der Waals surface area (Å²) in [5.74, 6) is -0.245. The molecule has 0 aliphatic heterocycles. The van der Waals surface area contributed by atoms with Crippen molar-refractivity contribution < 1.29 is 9.31 Å². The van der Waals surface area contributed by atoms with Crippen molar-refractivity contribution in [1.29, 1.82) is 0 Å². The molecule has 0 radical (unpaired) electrons. The second-order valence-corrected chi connectivity index (χ2v) is 5.13. The van der Waals surface area contributed by atoms with Crippen LogP contribution >= 0.6 is 0 Å². The smallest absolute Gasteiger partial charge is 0.272 e. The van der Waals surface area contributed by atoms with Gasteiger partial charge in [0.1, 0.15) is 5.82 Å². The number of nitro groups is 1. The zero-order valence-corrected chi connectivity index (χ0v) is 12.0. The van der Waals surface area contributed by atoms with E-state index in [-0.39, 0.29) is 22.5 Å². The van der Waals surface area contributed by atoms with Gasteiger partial charge in [0.2, 0.25) is 0 Å². The molecule has 0 fully saturated rings. The summed E-state index contributed by atoms with van der Waals surface area (Å²) in [5.41, 5.74) is 2.62. The van der Waals surface area contributed by atoms with E-state index in [0.717, 1.165) is 17.7 Å². The summed E-state index contributed by atoms with van der Waals surface area (Å²) in [6, 6.07) is 11.5. The van der Waals surface area contributed by atoms with Crippen LogP contribution in [0.5, 0.6) is 0 Å². The van der Waals surface area contributed by atoms with Gasteiger partial charge in [-0.2, -0.15) is 0 Å². The van der Waals surface area contributed by atoms with Gasteiger partial charge in [-0.1, -0.05) is 12.1 Å². The standard InChI is InChI=1S/C16H17FN2O2/c1-11-9-15(7-8-16(11)19(20)21)18-12(2)10-13-3-5-14(17)6-4-13/h3-9,12,18H,10H2,1-2H3. The summed E-state index contributed by atoms with van der Waals surface area (Å²) in [6.07, 6.45) is 0.746.